The Bertz CT molecular complexity index is 394. The Morgan fingerprint density at radius 1 is 1.10 bits per heavy atom. The molecule has 1 saturated heterocycles. The van der Waals surface area contributed by atoms with Gasteiger partial charge in [0.2, 0.25) is 0 Å². The van der Waals surface area contributed by atoms with Gasteiger partial charge in [-0.05, 0) is 50.8 Å². The maximum atomic E-state index is 6.05. The second-order valence-corrected chi connectivity index (χ2v) is 6.16. The molecular formula is C18H29NO2. The average molecular weight is 291 g/mol. The van der Waals surface area contributed by atoms with Gasteiger partial charge in [0.05, 0.1) is 24.9 Å². The SMILES string of the molecule is CCCNCc1ccc(COC2CC(C)OC(C)C2)cc1. The van der Waals surface area contributed by atoms with Gasteiger partial charge in [-0.2, -0.15) is 0 Å². The van der Waals surface area contributed by atoms with Crippen molar-refractivity contribution >= 4 is 0 Å². The lowest BCUT2D eigenvalue weighted by atomic mass is 10.0. The minimum atomic E-state index is 0.311. The highest BCUT2D eigenvalue weighted by Gasteiger charge is 2.24. The van der Waals surface area contributed by atoms with Crippen molar-refractivity contribution in [1.29, 1.82) is 0 Å². The topological polar surface area (TPSA) is 30.5 Å². The molecule has 21 heavy (non-hydrogen) atoms. The molecule has 1 aliphatic heterocycles. The van der Waals surface area contributed by atoms with Crippen molar-refractivity contribution in [3.8, 4) is 0 Å². The molecule has 0 bridgehead atoms. The molecule has 0 aromatic heterocycles. The van der Waals surface area contributed by atoms with E-state index in [0.29, 0.717) is 24.9 Å². The van der Waals surface area contributed by atoms with Crippen LogP contribution in [-0.2, 0) is 22.6 Å². The third-order valence-electron chi connectivity index (χ3n) is 3.92. The summed E-state index contributed by atoms with van der Waals surface area (Å²) in [5.74, 6) is 0. The molecule has 3 nitrogen and oxygen atoms in total. The van der Waals surface area contributed by atoms with Crippen LogP contribution in [0.4, 0.5) is 0 Å². The van der Waals surface area contributed by atoms with Crippen LogP contribution in [0.1, 0.15) is 51.2 Å². The van der Waals surface area contributed by atoms with Gasteiger partial charge in [-0.15, -0.1) is 0 Å². The molecule has 1 fully saturated rings. The molecule has 118 valence electrons. The Kier molecular flexibility index (Phi) is 6.68. The number of ether oxygens (including phenoxy) is 2. The summed E-state index contributed by atoms with van der Waals surface area (Å²) in [6, 6.07) is 8.73. The average Bonchev–Trinajstić information content (AvgIpc) is 2.46. The van der Waals surface area contributed by atoms with E-state index in [4.69, 9.17) is 9.47 Å². The molecule has 1 heterocycles. The van der Waals surface area contributed by atoms with E-state index in [2.05, 4.69) is 50.4 Å². The maximum absolute atomic E-state index is 6.05. The van der Waals surface area contributed by atoms with Crippen LogP contribution in [0.15, 0.2) is 24.3 Å². The quantitative estimate of drug-likeness (QED) is 0.778. The molecule has 0 saturated carbocycles. The van der Waals surface area contributed by atoms with Gasteiger partial charge in [0, 0.05) is 6.54 Å². The van der Waals surface area contributed by atoms with E-state index >= 15 is 0 Å². The molecule has 0 radical (unpaired) electrons. The lowest BCUT2D eigenvalue weighted by molar-refractivity contribution is -0.106. The van der Waals surface area contributed by atoms with Crippen LogP contribution in [0.5, 0.6) is 0 Å². The summed E-state index contributed by atoms with van der Waals surface area (Å²) in [4.78, 5) is 0. The summed E-state index contributed by atoms with van der Waals surface area (Å²) in [5, 5.41) is 3.42. The Morgan fingerprint density at radius 3 is 2.33 bits per heavy atom. The zero-order valence-electron chi connectivity index (χ0n) is 13.6. The molecule has 0 spiro atoms. The third-order valence-corrected chi connectivity index (χ3v) is 3.92. The zero-order chi connectivity index (χ0) is 15.1. The molecule has 3 heteroatoms. The van der Waals surface area contributed by atoms with Crippen molar-refractivity contribution < 1.29 is 9.47 Å². The van der Waals surface area contributed by atoms with Crippen molar-refractivity contribution in [2.75, 3.05) is 6.54 Å². The van der Waals surface area contributed by atoms with Crippen LogP contribution in [0.2, 0.25) is 0 Å². The number of nitrogens with one attached hydrogen (secondary N) is 1. The van der Waals surface area contributed by atoms with Crippen LogP contribution in [0.25, 0.3) is 0 Å². The van der Waals surface area contributed by atoms with Crippen molar-refractivity contribution in [3.05, 3.63) is 35.4 Å². The molecular weight excluding hydrogens is 262 g/mol. The molecule has 0 amide bonds. The van der Waals surface area contributed by atoms with Gasteiger partial charge in [0.1, 0.15) is 0 Å². The summed E-state index contributed by atoms with van der Waals surface area (Å²) in [6.45, 7) is 9.17. The van der Waals surface area contributed by atoms with Crippen LogP contribution in [0.3, 0.4) is 0 Å². The number of hydrogen-bond donors (Lipinski definition) is 1. The highest BCUT2D eigenvalue weighted by molar-refractivity contribution is 5.21. The molecule has 1 aromatic rings. The highest BCUT2D eigenvalue weighted by Crippen LogP contribution is 2.22. The van der Waals surface area contributed by atoms with Crippen molar-refractivity contribution in [1.82, 2.24) is 5.32 Å². The van der Waals surface area contributed by atoms with E-state index in [1.54, 1.807) is 0 Å². The first-order valence-electron chi connectivity index (χ1n) is 8.23. The second-order valence-electron chi connectivity index (χ2n) is 6.16. The lowest BCUT2D eigenvalue weighted by Crippen LogP contribution is -2.33. The van der Waals surface area contributed by atoms with Gasteiger partial charge in [0.25, 0.3) is 0 Å². The Hall–Kier alpha value is -0.900. The van der Waals surface area contributed by atoms with Gasteiger partial charge in [0.15, 0.2) is 0 Å². The first kappa shape index (κ1) is 16.5. The molecule has 1 aliphatic rings. The van der Waals surface area contributed by atoms with Gasteiger partial charge < -0.3 is 14.8 Å². The maximum Gasteiger partial charge on any atom is 0.0720 e. The molecule has 1 N–H and O–H groups in total. The fourth-order valence-electron chi connectivity index (χ4n) is 2.86. The van der Waals surface area contributed by atoms with Crippen molar-refractivity contribution in [3.63, 3.8) is 0 Å². The molecule has 1 aromatic carbocycles. The lowest BCUT2D eigenvalue weighted by Gasteiger charge is -2.32. The van der Waals surface area contributed by atoms with Crippen LogP contribution >= 0.6 is 0 Å². The van der Waals surface area contributed by atoms with Gasteiger partial charge in [-0.3, -0.25) is 0 Å². The molecule has 2 unspecified atom stereocenters. The molecule has 2 rings (SSSR count). The van der Waals surface area contributed by atoms with Gasteiger partial charge >= 0.3 is 0 Å². The van der Waals surface area contributed by atoms with E-state index in [-0.39, 0.29) is 0 Å². The zero-order valence-corrected chi connectivity index (χ0v) is 13.6. The summed E-state index contributed by atoms with van der Waals surface area (Å²) in [5.41, 5.74) is 2.58. The smallest absolute Gasteiger partial charge is 0.0720 e. The minimum Gasteiger partial charge on any atom is -0.375 e. The van der Waals surface area contributed by atoms with Gasteiger partial charge in [-0.1, -0.05) is 31.2 Å². The number of hydrogen-bond acceptors (Lipinski definition) is 3. The summed E-state index contributed by atoms with van der Waals surface area (Å²) < 4.78 is 11.8. The van der Waals surface area contributed by atoms with Crippen molar-refractivity contribution in [2.45, 2.75) is 71.5 Å². The second kappa shape index (κ2) is 8.52. The normalized spacial score (nSPS) is 26.0. The summed E-state index contributed by atoms with van der Waals surface area (Å²) in [6.07, 6.45) is 4.13. The summed E-state index contributed by atoms with van der Waals surface area (Å²) in [7, 11) is 0. The predicted molar refractivity (Wildman–Crippen MR) is 86.3 cm³/mol. The van der Waals surface area contributed by atoms with Crippen LogP contribution in [-0.4, -0.2) is 24.9 Å². The first-order valence-corrected chi connectivity index (χ1v) is 8.23. The number of benzene rings is 1. The molecule has 2 atom stereocenters. The third kappa shape index (κ3) is 5.77. The van der Waals surface area contributed by atoms with E-state index in [1.807, 2.05) is 0 Å². The van der Waals surface area contributed by atoms with E-state index in [0.717, 1.165) is 25.9 Å². The monoisotopic (exact) mass is 291 g/mol. The predicted octanol–water partition coefficient (Wildman–Crippen LogP) is 3.66. The van der Waals surface area contributed by atoms with E-state index in [1.165, 1.54) is 17.5 Å². The van der Waals surface area contributed by atoms with E-state index in [9.17, 15) is 0 Å². The first-order chi connectivity index (χ1) is 10.2. The van der Waals surface area contributed by atoms with Gasteiger partial charge in [-0.25, -0.2) is 0 Å². The van der Waals surface area contributed by atoms with Crippen LogP contribution in [0, 0.1) is 0 Å². The minimum absolute atomic E-state index is 0.311. The van der Waals surface area contributed by atoms with Crippen molar-refractivity contribution in [2.24, 2.45) is 0 Å². The largest absolute Gasteiger partial charge is 0.375 e. The van der Waals surface area contributed by atoms with E-state index < -0.39 is 0 Å². The Labute approximate surface area is 129 Å². The fraction of sp³-hybridized carbons (Fsp3) is 0.667. The van der Waals surface area contributed by atoms with Crippen LogP contribution < -0.4 is 5.32 Å². The fourth-order valence-corrected chi connectivity index (χ4v) is 2.86. The Balaban J connectivity index is 1.75. The summed E-state index contributed by atoms with van der Waals surface area (Å²) >= 11 is 0. The Morgan fingerprint density at radius 2 is 1.71 bits per heavy atom. The molecule has 0 aliphatic carbocycles. The highest BCUT2D eigenvalue weighted by atomic mass is 16.5. The standard InChI is InChI=1S/C18H29NO2/c1-4-9-19-12-16-5-7-17(8-6-16)13-20-18-10-14(2)21-15(3)11-18/h5-8,14-15,18-19H,4,9-13H2,1-3H3. The number of rotatable bonds is 7.